The zero-order chi connectivity index (χ0) is 15.2. The lowest BCUT2D eigenvalue weighted by molar-refractivity contribution is 0.510. The highest BCUT2D eigenvalue weighted by atomic mass is 32.2. The minimum absolute atomic E-state index is 0.559. The van der Waals surface area contributed by atoms with E-state index in [-0.39, 0.29) is 0 Å². The number of rotatable bonds is 13. The lowest BCUT2D eigenvalue weighted by Crippen LogP contribution is -2.26. The van der Waals surface area contributed by atoms with Crippen LogP contribution in [0.4, 0.5) is 0 Å². The molecule has 4 heteroatoms. The van der Waals surface area contributed by atoms with Crippen LogP contribution in [0.2, 0.25) is 0 Å². The summed E-state index contributed by atoms with van der Waals surface area (Å²) in [7, 11) is 0. The van der Waals surface area contributed by atoms with Crippen molar-refractivity contribution in [3.05, 3.63) is 0 Å². The Bertz CT molecular complexity index is 242. The molecule has 0 saturated carbocycles. The molecule has 2 N–H and O–H groups in total. The molecule has 0 rings (SSSR count). The molecule has 1 atom stereocenters. The molecule has 0 saturated heterocycles. The molecule has 20 heavy (non-hydrogen) atoms. The minimum Gasteiger partial charge on any atom is -0.314 e. The van der Waals surface area contributed by atoms with Crippen molar-refractivity contribution in [2.45, 2.75) is 66.0 Å². The molecule has 120 valence electrons. The van der Waals surface area contributed by atoms with Crippen molar-refractivity contribution in [2.75, 3.05) is 31.1 Å². The minimum atomic E-state index is 0.559. The van der Waals surface area contributed by atoms with Gasteiger partial charge in [0.25, 0.3) is 0 Å². The second-order valence-electron chi connectivity index (χ2n) is 5.78. The summed E-state index contributed by atoms with van der Waals surface area (Å²) in [5.74, 6) is 2.33. The molecule has 0 aromatic rings. The third kappa shape index (κ3) is 14.4. The van der Waals surface area contributed by atoms with Crippen LogP contribution in [0, 0.1) is 0 Å². The zero-order valence-electron chi connectivity index (χ0n) is 14.2. The lowest BCUT2D eigenvalue weighted by atomic mass is 10.2. The average molecular weight is 302 g/mol. The first-order chi connectivity index (χ1) is 9.56. The van der Waals surface area contributed by atoms with E-state index in [9.17, 15) is 0 Å². The maximum Gasteiger partial charge on any atom is 0.0513 e. The second kappa shape index (κ2) is 13.9. The fourth-order valence-electron chi connectivity index (χ4n) is 1.85. The summed E-state index contributed by atoms with van der Waals surface area (Å²) in [5, 5.41) is 6.92. The first-order valence-corrected chi connectivity index (χ1v) is 9.26. The number of nitrogens with zero attached hydrogens (tertiary/aromatic N) is 1. The van der Waals surface area contributed by atoms with Crippen LogP contribution in [0.1, 0.15) is 53.9 Å². The predicted octanol–water partition coefficient (Wildman–Crippen LogP) is 3.35. The summed E-state index contributed by atoms with van der Waals surface area (Å²) in [6.07, 6.45) is 3.80. The zero-order valence-corrected chi connectivity index (χ0v) is 15.0. The van der Waals surface area contributed by atoms with Gasteiger partial charge in [-0.3, -0.25) is 4.99 Å². The van der Waals surface area contributed by atoms with Crippen molar-refractivity contribution in [1.29, 1.82) is 0 Å². The Morgan fingerprint density at radius 1 is 1.15 bits per heavy atom. The largest absolute Gasteiger partial charge is 0.314 e. The van der Waals surface area contributed by atoms with Crippen molar-refractivity contribution < 1.29 is 0 Å². The molecular weight excluding hydrogens is 266 g/mol. The van der Waals surface area contributed by atoms with Crippen molar-refractivity contribution in [3.63, 3.8) is 0 Å². The number of thioether (sulfide) groups is 1. The summed E-state index contributed by atoms with van der Waals surface area (Å²) >= 11 is 2.01. The Morgan fingerprint density at radius 2 is 1.90 bits per heavy atom. The van der Waals surface area contributed by atoms with E-state index in [0.717, 1.165) is 25.4 Å². The SMILES string of the molecule is CCCNC(C)CCCSCC(C)=NCCNC(C)C. The van der Waals surface area contributed by atoms with E-state index < -0.39 is 0 Å². The molecule has 0 radical (unpaired) electrons. The Kier molecular flexibility index (Phi) is 13.9. The Hall–Kier alpha value is -0.0600. The van der Waals surface area contributed by atoms with E-state index in [1.165, 1.54) is 30.7 Å². The van der Waals surface area contributed by atoms with Gasteiger partial charge in [0.2, 0.25) is 0 Å². The third-order valence-electron chi connectivity index (χ3n) is 3.03. The molecule has 3 nitrogen and oxygen atoms in total. The molecule has 0 amide bonds. The van der Waals surface area contributed by atoms with E-state index >= 15 is 0 Å². The fraction of sp³-hybridized carbons (Fsp3) is 0.938. The standard InChI is InChI=1S/C16H35N3S/c1-6-9-18-15(4)8-7-12-20-13-16(5)19-11-10-17-14(2)3/h14-15,17-18H,6-13H2,1-5H3. The highest BCUT2D eigenvalue weighted by Gasteiger charge is 2.00. The highest BCUT2D eigenvalue weighted by Crippen LogP contribution is 2.07. The number of aliphatic imine (C=N–C) groups is 1. The van der Waals surface area contributed by atoms with Gasteiger partial charge in [0, 0.05) is 30.1 Å². The molecule has 0 spiro atoms. The van der Waals surface area contributed by atoms with Crippen LogP contribution >= 0.6 is 11.8 Å². The summed E-state index contributed by atoms with van der Waals surface area (Å²) < 4.78 is 0. The number of hydrogen-bond acceptors (Lipinski definition) is 4. The number of nitrogens with one attached hydrogen (secondary N) is 2. The summed E-state index contributed by atoms with van der Waals surface area (Å²) in [5.41, 5.74) is 1.28. The van der Waals surface area contributed by atoms with Crippen molar-refractivity contribution in [1.82, 2.24) is 10.6 Å². The molecular formula is C16H35N3S. The Morgan fingerprint density at radius 3 is 2.55 bits per heavy atom. The first-order valence-electron chi connectivity index (χ1n) is 8.10. The lowest BCUT2D eigenvalue weighted by Gasteiger charge is -2.12. The van der Waals surface area contributed by atoms with E-state index in [0.29, 0.717) is 12.1 Å². The monoisotopic (exact) mass is 301 g/mol. The molecule has 0 heterocycles. The average Bonchev–Trinajstić information content (AvgIpc) is 2.40. The van der Waals surface area contributed by atoms with Crippen LogP contribution in [-0.2, 0) is 0 Å². The molecule has 0 aromatic carbocycles. The van der Waals surface area contributed by atoms with Gasteiger partial charge in [-0.1, -0.05) is 20.8 Å². The molecule has 0 aliphatic carbocycles. The van der Waals surface area contributed by atoms with Gasteiger partial charge in [-0.2, -0.15) is 11.8 Å². The van der Waals surface area contributed by atoms with E-state index in [4.69, 9.17) is 0 Å². The van der Waals surface area contributed by atoms with Crippen LogP contribution < -0.4 is 10.6 Å². The maximum atomic E-state index is 4.59. The number of hydrogen-bond donors (Lipinski definition) is 2. The molecule has 0 fully saturated rings. The van der Waals surface area contributed by atoms with Crippen molar-refractivity contribution >= 4 is 17.5 Å². The van der Waals surface area contributed by atoms with Gasteiger partial charge in [0.05, 0.1) is 6.54 Å². The summed E-state index contributed by atoms with van der Waals surface area (Å²) in [4.78, 5) is 4.59. The van der Waals surface area contributed by atoms with Crippen LogP contribution in [0.5, 0.6) is 0 Å². The van der Waals surface area contributed by atoms with Gasteiger partial charge in [-0.25, -0.2) is 0 Å². The predicted molar refractivity (Wildman–Crippen MR) is 95.4 cm³/mol. The molecule has 0 aliphatic heterocycles. The van der Waals surface area contributed by atoms with E-state index in [1.54, 1.807) is 0 Å². The normalized spacial score (nSPS) is 14.0. The molecule has 0 aliphatic rings. The maximum absolute atomic E-state index is 4.59. The highest BCUT2D eigenvalue weighted by molar-refractivity contribution is 7.99. The third-order valence-corrected chi connectivity index (χ3v) is 4.22. The van der Waals surface area contributed by atoms with Gasteiger partial charge in [0.15, 0.2) is 0 Å². The molecule has 0 aromatic heterocycles. The summed E-state index contributed by atoms with van der Waals surface area (Å²) in [6, 6.07) is 1.22. The van der Waals surface area contributed by atoms with E-state index in [2.05, 4.69) is 50.2 Å². The van der Waals surface area contributed by atoms with Gasteiger partial charge in [-0.05, 0) is 45.4 Å². The van der Waals surface area contributed by atoms with Gasteiger partial charge >= 0.3 is 0 Å². The topological polar surface area (TPSA) is 36.4 Å². The Labute approximate surface area is 130 Å². The van der Waals surface area contributed by atoms with Crippen LogP contribution in [0.25, 0.3) is 0 Å². The summed E-state index contributed by atoms with van der Waals surface area (Å²) in [6.45, 7) is 14.0. The van der Waals surface area contributed by atoms with Gasteiger partial charge in [-0.15, -0.1) is 0 Å². The second-order valence-corrected chi connectivity index (χ2v) is 6.88. The van der Waals surface area contributed by atoms with Crippen molar-refractivity contribution in [2.24, 2.45) is 4.99 Å². The molecule has 1 unspecified atom stereocenters. The first kappa shape index (κ1) is 19.9. The van der Waals surface area contributed by atoms with Crippen LogP contribution in [0.15, 0.2) is 4.99 Å². The van der Waals surface area contributed by atoms with Crippen molar-refractivity contribution in [3.8, 4) is 0 Å². The molecule has 0 bridgehead atoms. The quantitative estimate of drug-likeness (QED) is 0.404. The van der Waals surface area contributed by atoms with Gasteiger partial charge < -0.3 is 10.6 Å². The van der Waals surface area contributed by atoms with Crippen LogP contribution in [0.3, 0.4) is 0 Å². The Balaban J connectivity index is 3.42. The van der Waals surface area contributed by atoms with Crippen LogP contribution in [-0.4, -0.2) is 48.9 Å². The smallest absolute Gasteiger partial charge is 0.0513 e. The fourth-order valence-corrected chi connectivity index (χ4v) is 2.75. The van der Waals surface area contributed by atoms with Gasteiger partial charge in [0.1, 0.15) is 0 Å². The van der Waals surface area contributed by atoms with E-state index in [1.807, 2.05) is 11.8 Å².